The van der Waals surface area contributed by atoms with E-state index in [0.29, 0.717) is 39.1 Å². The van der Waals surface area contributed by atoms with Crippen LogP contribution in [0.25, 0.3) is 0 Å². The van der Waals surface area contributed by atoms with Gasteiger partial charge < -0.3 is 24.5 Å². The molecule has 1 N–H and O–H groups in total. The molecule has 5 rings (SSSR count). The predicted octanol–water partition coefficient (Wildman–Crippen LogP) is 4.09. The summed E-state index contributed by atoms with van der Waals surface area (Å²) in [7, 11) is 0. The second-order valence-electron chi connectivity index (χ2n) is 12.3. The van der Waals surface area contributed by atoms with Gasteiger partial charge >= 0.3 is 0 Å². The normalized spacial score (nSPS) is 30.4. The minimum Gasteiger partial charge on any atom is -0.396 e. The van der Waals surface area contributed by atoms with Crippen molar-refractivity contribution in [3.8, 4) is 0 Å². The zero-order valence-electron chi connectivity index (χ0n) is 25.2. The van der Waals surface area contributed by atoms with Crippen molar-refractivity contribution < 1.29 is 24.2 Å². The molecule has 4 aliphatic rings. The predicted molar refractivity (Wildman–Crippen MR) is 161 cm³/mol. The standard InChI is InChI=1S/C34H47N3O5/c1-3-5-11-20-35-21-15-19-34-28(31(40)37(29(34)32(35)41)23-12-6-7-13-24-38)27-30(39)36(25-26-16-9-8-10-17-26)22-14-18-33(27,4-2)42-34/h8-10,14-19,27-29,38H,3-7,11-13,20-25H2,1-2H3/t27-,28-,29?,33+,34-/m0/s1. The van der Waals surface area contributed by atoms with Gasteiger partial charge in [0.15, 0.2) is 0 Å². The van der Waals surface area contributed by atoms with E-state index in [2.05, 4.69) is 6.92 Å². The van der Waals surface area contributed by atoms with E-state index < -0.39 is 29.1 Å². The lowest BCUT2D eigenvalue weighted by atomic mass is 9.73. The fourth-order valence-electron chi connectivity index (χ4n) is 7.54. The molecule has 2 fully saturated rings. The maximum atomic E-state index is 14.5. The second kappa shape index (κ2) is 13.1. The molecule has 0 aliphatic carbocycles. The first-order valence-corrected chi connectivity index (χ1v) is 16.0. The van der Waals surface area contributed by atoms with Crippen molar-refractivity contribution in [2.75, 3.05) is 32.8 Å². The summed E-state index contributed by atoms with van der Waals surface area (Å²) in [4.78, 5) is 48.8. The van der Waals surface area contributed by atoms with Crippen LogP contribution in [0.15, 0.2) is 54.6 Å². The molecule has 228 valence electrons. The summed E-state index contributed by atoms with van der Waals surface area (Å²) < 4.78 is 7.07. The molecule has 2 saturated heterocycles. The van der Waals surface area contributed by atoms with Crippen LogP contribution >= 0.6 is 0 Å². The Hall–Kier alpha value is -2.97. The molecular formula is C34H47N3O5. The number of fused-ring (bicyclic) bond motifs is 2. The molecule has 0 aromatic heterocycles. The summed E-state index contributed by atoms with van der Waals surface area (Å²) in [5, 5.41) is 9.21. The minimum absolute atomic E-state index is 0.0809. The van der Waals surface area contributed by atoms with Crippen molar-refractivity contribution in [2.45, 2.75) is 89.0 Å². The van der Waals surface area contributed by atoms with E-state index in [-0.39, 0.29) is 24.3 Å². The number of hydrogen-bond acceptors (Lipinski definition) is 5. The molecule has 1 spiro atoms. The molecule has 8 heteroatoms. The fourth-order valence-corrected chi connectivity index (χ4v) is 7.54. The minimum atomic E-state index is -1.20. The lowest BCUT2D eigenvalue weighted by Gasteiger charge is -2.38. The molecule has 1 aromatic rings. The van der Waals surface area contributed by atoms with Gasteiger partial charge in [0.2, 0.25) is 17.7 Å². The third-order valence-electron chi connectivity index (χ3n) is 9.66. The average molecular weight is 578 g/mol. The van der Waals surface area contributed by atoms with Crippen molar-refractivity contribution in [2.24, 2.45) is 11.8 Å². The summed E-state index contributed by atoms with van der Waals surface area (Å²) in [6.45, 7) is 6.74. The summed E-state index contributed by atoms with van der Waals surface area (Å²) in [6.07, 6.45) is 14.6. The maximum absolute atomic E-state index is 14.5. The van der Waals surface area contributed by atoms with E-state index in [4.69, 9.17) is 4.74 Å². The lowest BCUT2D eigenvalue weighted by molar-refractivity contribution is -0.154. The van der Waals surface area contributed by atoms with Gasteiger partial charge in [0.05, 0.1) is 17.4 Å². The van der Waals surface area contributed by atoms with E-state index >= 15 is 0 Å². The average Bonchev–Trinajstić information content (AvgIpc) is 3.29. The number of nitrogens with zero attached hydrogens (tertiary/aromatic N) is 3. The van der Waals surface area contributed by atoms with E-state index in [1.807, 2.05) is 71.4 Å². The molecular weight excluding hydrogens is 530 g/mol. The van der Waals surface area contributed by atoms with Gasteiger partial charge in [-0.05, 0) is 31.2 Å². The van der Waals surface area contributed by atoms with Gasteiger partial charge in [0.25, 0.3) is 0 Å². The molecule has 0 saturated carbocycles. The Morgan fingerprint density at radius 1 is 0.810 bits per heavy atom. The van der Waals surface area contributed by atoms with Crippen LogP contribution < -0.4 is 0 Å². The first-order valence-electron chi connectivity index (χ1n) is 16.0. The molecule has 1 unspecified atom stereocenters. The number of unbranched alkanes of at least 4 members (excludes halogenated alkanes) is 5. The van der Waals surface area contributed by atoms with Gasteiger partial charge in [-0.15, -0.1) is 0 Å². The van der Waals surface area contributed by atoms with Crippen LogP contribution in [0.5, 0.6) is 0 Å². The van der Waals surface area contributed by atoms with E-state index in [9.17, 15) is 19.5 Å². The number of carbonyl (C=O) groups is 3. The van der Waals surface area contributed by atoms with Crippen molar-refractivity contribution in [1.29, 1.82) is 0 Å². The molecule has 1 aromatic carbocycles. The highest BCUT2D eigenvalue weighted by Crippen LogP contribution is 2.58. The Morgan fingerprint density at radius 2 is 1.52 bits per heavy atom. The van der Waals surface area contributed by atoms with Crippen LogP contribution in [-0.2, 0) is 25.7 Å². The SMILES string of the molecule is CCCCCN1CC=C[C@]23O[C@]4(CC)C=CCN(Cc5ccccc5)C(=O)[C@@H]4[C@H]2C(=O)N(CCCCCCO)C3C1=O. The smallest absolute Gasteiger partial charge is 0.249 e. The molecule has 0 bridgehead atoms. The number of ether oxygens (including phenoxy) is 1. The number of amides is 3. The van der Waals surface area contributed by atoms with Crippen molar-refractivity contribution >= 4 is 17.7 Å². The monoisotopic (exact) mass is 577 g/mol. The Labute approximate surface area is 250 Å². The van der Waals surface area contributed by atoms with Crippen LogP contribution in [0, 0.1) is 11.8 Å². The fraction of sp³-hybridized carbons (Fsp3) is 0.618. The highest BCUT2D eigenvalue weighted by molar-refractivity contribution is 6.00. The molecule has 42 heavy (non-hydrogen) atoms. The summed E-state index contributed by atoms with van der Waals surface area (Å²) in [5.74, 6) is -1.82. The third kappa shape index (κ3) is 5.44. The number of rotatable bonds is 13. The first-order chi connectivity index (χ1) is 20.4. The van der Waals surface area contributed by atoms with Crippen molar-refractivity contribution in [1.82, 2.24) is 14.7 Å². The first kappa shape index (κ1) is 30.5. The van der Waals surface area contributed by atoms with E-state index in [0.717, 1.165) is 50.5 Å². The number of carbonyl (C=O) groups excluding carboxylic acids is 3. The van der Waals surface area contributed by atoms with Gasteiger partial charge in [-0.2, -0.15) is 0 Å². The van der Waals surface area contributed by atoms with Gasteiger partial charge in [-0.1, -0.05) is 94.2 Å². The van der Waals surface area contributed by atoms with E-state index in [1.165, 1.54) is 0 Å². The quantitative estimate of drug-likeness (QED) is 0.282. The number of aliphatic hydroxyl groups excluding tert-OH is 1. The van der Waals surface area contributed by atoms with Gasteiger partial charge in [0.1, 0.15) is 11.6 Å². The van der Waals surface area contributed by atoms with Crippen LogP contribution in [0.2, 0.25) is 0 Å². The third-order valence-corrected chi connectivity index (χ3v) is 9.66. The highest BCUT2D eigenvalue weighted by Gasteiger charge is 2.75. The second-order valence-corrected chi connectivity index (χ2v) is 12.3. The van der Waals surface area contributed by atoms with Gasteiger partial charge in [-0.3, -0.25) is 14.4 Å². The summed E-state index contributed by atoms with van der Waals surface area (Å²) >= 11 is 0. The molecule has 0 radical (unpaired) electrons. The molecule has 4 aliphatic heterocycles. The van der Waals surface area contributed by atoms with Crippen LogP contribution in [0.1, 0.15) is 70.8 Å². The van der Waals surface area contributed by atoms with Gasteiger partial charge in [-0.25, -0.2) is 0 Å². The molecule has 5 atom stereocenters. The van der Waals surface area contributed by atoms with Crippen molar-refractivity contribution in [3.63, 3.8) is 0 Å². The van der Waals surface area contributed by atoms with Crippen LogP contribution in [-0.4, -0.2) is 87.6 Å². The topological polar surface area (TPSA) is 90.4 Å². The number of benzene rings is 1. The Bertz CT molecular complexity index is 1180. The number of likely N-dealkylation sites (tertiary alicyclic amines) is 1. The summed E-state index contributed by atoms with van der Waals surface area (Å²) in [6, 6.07) is 9.12. The largest absolute Gasteiger partial charge is 0.396 e. The van der Waals surface area contributed by atoms with Crippen LogP contribution in [0.3, 0.4) is 0 Å². The number of aliphatic hydroxyl groups is 1. The highest BCUT2D eigenvalue weighted by atomic mass is 16.5. The Balaban J connectivity index is 1.52. The number of hydrogen-bond donors (Lipinski definition) is 1. The van der Waals surface area contributed by atoms with Crippen molar-refractivity contribution in [3.05, 3.63) is 60.2 Å². The summed E-state index contributed by atoms with van der Waals surface area (Å²) in [5.41, 5.74) is -1.13. The van der Waals surface area contributed by atoms with E-state index in [1.54, 1.807) is 4.90 Å². The zero-order chi connectivity index (χ0) is 29.7. The zero-order valence-corrected chi connectivity index (χ0v) is 25.2. The molecule has 3 amide bonds. The Morgan fingerprint density at radius 3 is 2.26 bits per heavy atom. The molecule has 4 heterocycles. The maximum Gasteiger partial charge on any atom is 0.249 e. The lowest BCUT2D eigenvalue weighted by Crippen LogP contribution is -2.56. The van der Waals surface area contributed by atoms with Gasteiger partial charge in [0, 0.05) is 39.3 Å². The molecule has 8 nitrogen and oxygen atoms in total. The van der Waals surface area contributed by atoms with Crippen LogP contribution in [0.4, 0.5) is 0 Å². The Kier molecular flexibility index (Phi) is 9.53.